The number of hydrogen-bond donors (Lipinski definition) is 4. The first kappa shape index (κ1) is 8.65. The summed E-state index contributed by atoms with van der Waals surface area (Å²) >= 11 is 0. The fourth-order valence-electron chi connectivity index (χ4n) is 1.14. The summed E-state index contributed by atoms with van der Waals surface area (Å²) < 4.78 is 0. The number of rotatable bonds is 0. The van der Waals surface area contributed by atoms with Gasteiger partial charge in [0.1, 0.15) is 0 Å². The molecule has 0 radical (unpaired) electrons. The Hall–Kier alpha value is -1.94. The van der Waals surface area contributed by atoms with Crippen molar-refractivity contribution in [1.29, 1.82) is 0 Å². The molecule has 0 aliphatic carbocycles. The van der Waals surface area contributed by atoms with Crippen LogP contribution in [0.2, 0.25) is 0 Å². The summed E-state index contributed by atoms with van der Waals surface area (Å²) in [5.74, 6) is 0. The van der Waals surface area contributed by atoms with Gasteiger partial charge in [0.25, 0.3) is 0 Å². The Morgan fingerprint density at radius 1 is 0.714 bits per heavy atom. The van der Waals surface area contributed by atoms with Gasteiger partial charge in [-0.2, -0.15) is 0 Å². The van der Waals surface area contributed by atoms with Crippen molar-refractivity contribution in [3.05, 3.63) is 48.8 Å². The van der Waals surface area contributed by atoms with Crippen LogP contribution in [0.1, 0.15) is 0 Å². The maximum atomic E-state index is 2.94. The highest BCUT2D eigenvalue weighted by atomic mass is 15.6. The molecule has 14 heavy (non-hydrogen) atoms. The molecule has 72 valence electrons. The van der Waals surface area contributed by atoms with Gasteiger partial charge in [-0.3, -0.25) is 0 Å². The fraction of sp³-hybridized carbons (Fsp3) is 0. The van der Waals surface area contributed by atoms with Gasteiger partial charge in [-0.05, 0) is 24.3 Å². The van der Waals surface area contributed by atoms with E-state index in [1.807, 2.05) is 48.8 Å². The van der Waals surface area contributed by atoms with Gasteiger partial charge in [-0.15, -0.1) is 5.53 Å². The monoisotopic (exact) mass is 188 g/mol. The first-order chi connectivity index (χ1) is 6.97. The molecule has 4 N–H and O–H groups in total. The zero-order valence-corrected chi connectivity index (χ0v) is 7.62. The second-order valence-electron chi connectivity index (χ2n) is 2.81. The van der Waals surface area contributed by atoms with Crippen LogP contribution in [0.5, 0.6) is 0 Å². The van der Waals surface area contributed by atoms with Crippen molar-refractivity contribution in [1.82, 2.24) is 10.5 Å². The van der Waals surface area contributed by atoms with Gasteiger partial charge in [0, 0.05) is 12.4 Å². The SMILES string of the molecule is c1cc[nH]c1.c1ccc2c(c1)NNN2. The Morgan fingerprint density at radius 3 is 1.71 bits per heavy atom. The van der Waals surface area contributed by atoms with Crippen LogP contribution in [0.25, 0.3) is 0 Å². The molecule has 3 rings (SSSR count). The summed E-state index contributed by atoms with van der Waals surface area (Å²) in [5.41, 5.74) is 10.9. The molecule has 4 heteroatoms. The van der Waals surface area contributed by atoms with Crippen LogP contribution in [0, 0.1) is 0 Å². The zero-order chi connectivity index (χ0) is 9.64. The largest absolute Gasteiger partial charge is 0.368 e. The molecular formula is C10H12N4. The highest BCUT2D eigenvalue weighted by Crippen LogP contribution is 2.21. The third-order valence-corrected chi connectivity index (χ3v) is 1.82. The summed E-state index contributed by atoms with van der Waals surface area (Å²) in [6, 6.07) is 11.9. The van der Waals surface area contributed by atoms with Crippen LogP contribution in [0.4, 0.5) is 11.4 Å². The van der Waals surface area contributed by atoms with Gasteiger partial charge in [0.15, 0.2) is 0 Å². The third-order valence-electron chi connectivity index (χ3n) is 1.82. The molecule has 0 unspecified atom stereocenters. The van der Waals surface area contributed by atoms with Crippen molar-refractivity contribution < 1.29 is 0 Å². The fourth-order valence-corrected chi connectivity index (χ4v) is 1.14. The van der Waals surface area contributed by atoms with Crippen LogP contribution in [-0.2, 0) is 0 Å². The van der Waals surface area contributed by atoms with E-state index in [1.165, 1.54) is 0 Å². The minimum Gasteiger partial charge on any atom is -0.368 e. The lowest BCUT2D eigenvalue weighted by atomic mass is 10.3. The lowest BCUT2D eigenvalue weighted by molar-refractivity contribution is 1.01. The summed E-state index contributed by atoms with van der Waals surface area (Å²) in [5, 5.41) is 0. The second-order valence-corrected chi connectivity index (χ2v) is 2.81. The quantitative estimate of drug-likeness (QED) is 0.511. The van der Waals surface area contributed by atoms with Crippen molar-refractivity contribution >= 4 is 11.4 Å². The number of aromatic nitrogens is 1. The first-order valence-corrected chi connectivity index (χ1v) is 4.40. The Morgan fingerprint density at radius 2 is 1.29 bits per heavy atom. The van der Waals surface area contributed by atoms with E-state index in [2.05, 4.69) is 21.4 Å². The molecule has 2 aromatic rings. The molecule has 0 spiro atoms. The number of hydrogen-bond acceptors (Lipinski definition) is 3. The Bertz CT molecular complexity index is 329. The number of benzene rings is 1. The predicted molar refractivity (Wildman–Crippen MR) is 57.6 cm³/mol. The summed E-state index contributed by atoms with van der Waals surface area (Å²) in [6.07, 6.45) is 3.75. The summed E-state index contributed by atoms with van der Waals surface area (Å²) in [7, 11) is 0. The van der Waals surface area contributed by atoms with E-state index in [-0.39, 0.29) is 0 Å². The molecule has 0 atom stereocenters. The molecule has 0 fully saturated rings. The molecule has 2 heterocycles. The van der Waals surface area contributed by atoms with E-state index in [0.717, 1.165) is 11.4 Å². The lowest BCUT2D eigenvalue weighted by Crippen LogP contribution is -2.19. The number of H-pyrrole nitrogens is 1. The van der Waals surface area contributed by atoms with Gasteiger partial charge >= 0.3 is 0 Å². The van der Waals surface area contributed by atoms with E-state index in [1.54, 1.807) is 0 Å². The molecular weight excluding hydrogens is 176 g/mol. The maximum absolute atomic E-state index is 2.94. The van der Waals surface area contributed by atoms with Gasteiger partial charge in [0.2, 0.25) is 0 Å². The highest BCUT2D eigenvalue weighted by molar-refractivity contribution is 5.70. The molecule has 1 aliphatic heterocycles. The third kappa shape index (κ3) is 2.05. The molecule has 1 aromatic heterocycles. The molecule has 0 saturated heterocycles. The van der Waals surface area contributed by atoms with Crippen LogP contribution >= 0.6 is 0 Å². The number of fused-ring (bicyclic) bond motifs is 1. The average Bonchev–Trinajstić information content (AvgIpc) is 2.92. The van der Waals surface area contributed by atoms with E-state index >= 15 is 0 Å². The standard InChI is InChI=1S/C6H7N3.C4H5N/c1-2-4-6-5(3-1)7-9-8-6;1-2-4-5-3-1/h1-4,7-9H;1-5H. The van der Waals surface area contributed by atoms with Crippen LogP contribution in [0.3, 0.4) is 0 Å². The van der Waals surface area contributed by atoms with Crippen LogP contribution in [-0.4, -0.2) is 4.98 Å². The average molecular weight is 188 g/mol. The lowest BCUT2D eigenvalue weighted by Gasteiger charge is -1.91. The van der Waals surface area contributed by atoms with Gasteiger partial charge in [-0.1, -0.05) is 12.1 Å². The van der Waals surface area contributed by atoms with E-state index in [4.69, 9.17) is 0 Å². The molecule has 0 saturated carbocycles. The second kappa shape index (κ2) is 4.34. The molecule has 1 aliphatic rings. The van der Waals surface area contributed by atoms with Gasteiger partial charge in [-0.25, -0.2) is 0 Å². The smallest absolute Gasteiger partial charge is 0.0750 e. The van der Waals surface area contributed by atoms with E-state index < -0.39 is 0 Å². The number of para-hydroxylation sites is 2. The van der Waals surface area contributed by atoms with Crippen molar-refractivity contribution in [3.8, 4) is 0 Å². The number of aromatic amines is 1. The first-order valence-electron chi connectivity index (χ1n) is 4.40. The number of anilines is 2. The molecule has 1 aromatic carbocycles. The van der Waals surface area contributed by atoms with Crippen molar-refractivity contribution in [2.75, 3.05) is 10.9 Å². The van der Waals surface area contributed by atoms with Crippen LogP contribution in [0.15, 0.2) is 48.8 Å². The normalized spacial score (nSPS) is 11.7. The highest BCUT2D eigenvalue weighted by Gasteiger charge is 2.04. The van der Waals surface area contributed by atoms with Crippen LogP contribution < -0.4 is 16.4 Å². The van der Waals surface area contributed by atoms with Crippen molar-refractivity contribution in [2.24, 2.45) is 0 Å². The van der Waals surface area contributed by atoms with Gasteiger partial charge < -0.3 is 15.8 Å². The molecule has 0 amide bonds. The van der Waals surface area contributed by atoms with Gasteiger partial charge in [0.05, 0.1) is 11.4 Å². The van der Waals surface area contributed by atoms with Crippen molar-refractivity contribution in [3.63, 3.8) is 0 Å². The summed E-state index contributed by atoms with van der Waals surface area (Å²) in [6.45, 7) is 0. The maximum Gasteiger partial charge on any atom is 0.0750 e. The minimum absolute atomic E-state index is 1.09. The van der Waals surface area contributed by atoms with E-state index in [0.29, 0.717) is 0 Å². The molecule has 4 nitrogen and oxygen atoms in total. The summed E-state index contributed by atoms with van der Waals surface area (Å²) in [4.78, 5) is 2.86. The molecule has 0 bridgehead atoms. The topological polar surface area (TPSA) is 51.9 Å². The predicted octanol–water partition coefficient (Wildman–Crippen LogP) is 1.96. The zero-order valence-electron chi connectivity index (χ0n) is 7.62. The van der Waals surface area contributed by atoms with Crippen molar-refractivity contribution in [2.45, 2.75) is 0 Å². The van der Waals surface area contributed by atoms with E-state index in [9.17, 15) is 0 Å². The Balaban J connectivity index is 0.000000128. The Kier molecular flexibility index (Phi) is 2.68. The number of hydrazine groups is 2. The minimum atomic E-state index is 1.09. The number of nitrogens with one attached hydrogen (secondary N) is 4. The Labute approximate surface area is 82.3 Å².